The van der Waals surface area contributed by atoms with E-state index in [9.17, 15) is 0 Å². The molecule has 0 atom stereocenters. The van der Waals surface area contributed by atoms with Gasteiger partial charge < -0.3 is 5.32 Å². The van der Waals surface area contributed by atoms with Gasteiger partial charge in [0.1, 0.15) is 0 Å². The molecule has 0 saturated carbocycles. The van der Waals surface area contributed by atoms with Gasteiger partial charge in [-0.2, -0.15) is 5.10 Å². The molecule has 3 aromatic rings. The van der Waals surface area contributed by atoms with Crippen LogP contribution in [-0.2, 0) is 0 Å². The third-order valence-electron chi connectivity index (χ3n) is 4.99. The number of hydrogen-bond acceptors (Lipinski definition) is 2. The maximum atomic E-state index is 6.28. The van der Waals surface area contributed by atoms with E-state index in [4.69, 9.17) is 39.9 Å². The van der Waals surface area contributed by atoms with E-state index in [0.717, 1.165) is 42.9 Å². The normalized spacial score (nSPS) is 15.4. The largest absolute Gasteiger partial charge is 0.317 e. The fourth-order valence-corrected chi connectivity index (χ4v) is 4.27. The van der Waals surface area contributed by atoms with Crippen molar-refractivity contribution in [3.63, 3.8) is 0 Å². The quantitative estimate of drug-likeness (QED) is 0.512. The zero-order valence-electron chi connectivity index (χ0n) is 15.2. The summed E-state index contributed by atoms with van der Waals surface area (Å²) in [7, 11) is 0. The van der Waals surface area contributed by atoms with Crippen molar-refractivity contribution in [1.29, 1.82) is 0 Å². The van der Waals surface area contributed by atoms with Gasteiger partial charge >= 0.3 is 0 Å². The molecule has 1 aliphatic heterocycles. The Morgan fingerprint density at radius 1 is 0.929 bits per heavy atom. The second kappa shape index (κ2) is 8.71. The number of nitrogens with zero attached hydrogens (tertiary/aromatic N) is 2. The Bertz CT molecular complexity index is 984. The Hall–Kier alpha value is -1.78. The lowest BCUT2D eigenvalue weighted by molar-refractivity contribution is 0.446. The summed E-state index contributed by atoms with van der Waals surface area (Å²) in [6, 6.07) is 15.4. The van der Waals surface area contributed by atoms with Crippen LogP contribution in [0.25, 0.3) is 17.8 Å². The predicted octanol–water partition coefficient (Wildman–Crippen LogP) is 6.47. The Morgan fingerprint density at radius 2 is 1.64 bits per heavy atom. The molecular weight excluding hydrogens is 413 g/mol. The van der Waals surface area contributed by atoms with E-state index in [1.54, 1.807) is 0 Å². The van der Waals surface area contributed by atoms with Crippen molar-refractivity contribution in [2.75, 3.05) is 13.1 Å². The average Bonchev–Trinajstić information content (AvgIpc) is 3.13. The molecule has 0 unspecified atom stereocenters. The molecule has 1 aliphatic rings. The standard InChI is InChI=1S/C22H20Cl3N3/c23-16-3-1-4-18(13-16)28-22(15-9-11-26-12-10-15)14-17(27-28)7-8-19-20(24)5-2-6-21(19)25/h1-8,13-15,26H,9-12H2/b8-7+. The lowest BCUT2D eigenvalue weighted by Gasteiger charge is -2.23. The first kappa shape index (κ1) is 19.5. The van der Waals surface area contributed by atoms with Crippen molar-refractivity contribution >= 4 is 47.0 Å². The molecule has 1 saturated heterocycles. The molecule has 0 radical (unpaired) electrons. The molecule has 3 nitrogen and oxygen atoms in total. The summed E-state index contributed by atoms with van der Waals surface area (Å²) in [5, 5.41) is 10.2. The molecule has 0 bridgehead atoms. The van der Waals surface area contributed by atoms with Gasteiger partial charge in [0, 0.05) is 32.2 Å². The smallest absolute Gasteiger partial charge is 0.0858 e. The topological polar surface area (TPSA) is 29.9 Å². The van der Waals surface area contributed by atoms with Crippen molar-refractivity contribution in [2.24, 2.45) is 0 Å². The molecule has 2 aromatic carbocycles. The van der Waals surface area contributed by atoms with E-state index >= 15 is 0 Å². The van der Waals surface area contributed by atoms with E-state index in [1.165, 1.54) is 5.69 Å². The molecule has 0 spiro atoms. The first-order valence-electron chi connectivity index (χ1n) is 9.30. The van der Waals surface area contributed by atoms with Crippen LogP contribution in [0.3, 0.4) is 0 Å². The molecule has 1 aromatic heterocycles. The fourth-order valence-electron chi connectivity index (χ4n) is 3.56. The third kappa shape index (κ3) is 4.28. The van der Waals surface area contributed by atoms with Crippen LogP contribution in [0.5, 0.6) is 0 Å². The number of aromatic nitrogens is 2. The van der Waals surface area contributed by atoms with Crippen molar-refractivity contribution in [3.05, 3.63) is 80.6 Å². The summed E-state index contributed by atoms with van der Waals surface area (Å²) in [5.41, 5.74) is 3.83. The lowest BCUT2D eigenvalue weighted by Crippen LogP contribution is -2.27. The number of benzene rings is 2. The van der Waals surface area contributed by atoms with Gasteiger partial charge in [-0.1, -0.05) is 46.9 Å². The minimum absolute atomic E-state index is 0.457. The minimum Gasteiger partial charge on any atom is -0.317 e. The monoisotopic (exact) mass is 431 g/mol. The summed E-state index contributed by atoms with van der Waals surface area (Å²) in [6.07, 6.45) is 6.05. The zero-order valence-corrected chi connectivity index (χ0v) is 17.5. The third-order valence-corrected chi connectivity index (χ3v) is 5.88. The summed E-state index contributed by atoms with van der Waals surface area (Å²) < 4.78 is 2.01. The van der Waals surface area contributed by atoms with Gasteiger partial charge in [0.05, 0.1) is 11.4 Å². The Morgan fingerprint density at radius 3 is 2.36 bits per heavy atom. The molecule has 28 heavy (non-hydrogen) atoms. The molecule has 0 aliphatic carbocycles. The molecule has 6 heteroatoms. The maximum Gasteiger partial charge on any atom is 0.0858 e. The summed E-state index contributed by atoms with van der Waals surface area (Å²) in [4.78, 5) is 0. The maximum absolute atomic E-state index is 6.28. The van der Waals surface area contributed by atoms with E-state index in [2.05, 4.69) is 11.4 Å². The minimum atomic E-state index is 0.457. The Labute approximate surface area is 179 Å². The highest BCUT2D eigenvalue weighted by Crippen LogP contribution is 2.30. The Balaban J connectivity index is 1.73. The number of rotatable bonds is 4. The molecule has 1 N–H and O–H groups in total. The molecule has 144 valence electrons. The summed E-state index contributed by atoms with van der Waals surface area (Å²) in [5.74, 6) is 0.457. The summed E-state index contributed by atoms with van der Waals surface area (Å²) in [6.45, 7) is 2.04. The number of hydrogen-bond donors (Lipinski definition) is 1. The number of piperidine rings is 1. The van der Waals surface area contributed by atoms with Crippen molar-refractivity contribution in [3.8, 4) is 5.69 Å². The SMILES string of the molecule is Clc1cccc(-n2nc(/C=C/c3c(Cl)cccc3Cl)cc2C2CCNCC2)c1. The van der Waals surface area contributed by atoms with Gasteiger partial charge in [-0.05, 0) is 74.5 Å². The van der Waals surface area contributed by atoms with Gasteiger partial charge in [-0.25, -0.2) is 4.68 Å². The van der Waals surface area contributed by atoms with Gasteiger partial charge in [0.15, 0.2) is 0 Å². The highest BCUT2D eigenvalue weighted by Gasteiger charge is 2.21. The van der Waals surface area contributed by atoms with Crippen LogP contribution in [0.4, 0.5) is 0 Å². The van der Waals surface area contributed by atoms with E-state index in [0.29, 0.717) is 21.0 Å². The van der Waals surface area contributed by atoms with E-state index in [1.807, 2.05) is 59.3 Å². The molecular formula is C22H20Cl3N3. The highest BCUT2D eigenvalue weighted by molar-refractivity contribution is 6.37. The molecule has 0 amide bonds. The lowest BCUT2D eigenvalue weighted by atomic mass is 9.94. The molecule has 2 heterocycles. The van der Waals surface area contributed by atoms with Crippen LogP contribution in [0.15, 0.2) is 48.5 Å². The Kier molecular flexibility index (Phi) is 6.07. The van der Waals surface area contributed by atoms with Crippen molar-refractivity contribution in [1.82, 2.24) is 15.1 Å². The first-order valence-corrected chi connectivity index (χ1v) is 10.4. The van der Waals surface area contributed by atoms with Crippen molar-refractivity contribution in [2.45, 2.75) is 18.8 Å². The van der Waals surface area contributed by atoms with E-state index < -0.39 is 0 Å². The van der Waals surface area contributed by atoms with Crippen LogP contribution < -0.4 is 5.32 Å². The van der Waals surface area contributed by atoms with Crippen LogP contribution in [0.2, 0.25) is 15.1 Å². The highest BCUT2D eigenvalue weighted by atomic mass is 35.5. The second-order valence-corrected chi connectivity index (χ2v) is 8.13. The van der Waals surface area contributed by atoms with E-state index in [-0.39, 0.29) is 0 Å². The fraction of sp³-hybridized carbons (Fsp3) is 0.227. The first-order chi connectivity index (χ1) is 13.6. The average molecular weight is 433 g/mol. The molecule has 1 fully saturated rings. The number of nitrogens with one attached hydrogen (secondary N) is 1. The summed E-state index contributed by atoms with van der Waals surface area (Å²) >= 11 is 18.8. The zero-order chi connectivity index (χ0) is 19.5. The van der Waals surface area contributed by atoms with Gasteiger partial charge in [-0.15, -0.1) is 0 Å². The van der Waals surface area contributed by atoms with Crippen molar-refractivity contribution < 1.29 is 0 Å². The van der Waals surface area contributed by atoms with Crippen LogP contribution in [0, 0.1) is 0 Å². The number of halogens is 3. The van der Waals surface area contributed by atoms with Crippen LogP contribution >= 0.6 is 34.8 Å². The van der Waals surface area contributed by atoms with Crippen LogP contribution in [0.1, 0.15) is 35.7 Å². The van der Waals surface area contributed by atoms with Gasteiger partial charge in [0.25, 0.3) is 0 Å². The second-order valence-electron chi connectivity index (χ2n) is 6.88. The van der Waals surface area contributed by atoms with Gasteiger partial charge in [-0.3, -0.25) is 0 Å². The van der Waals surface area contributed by atoms with Crippen LogP contribution in [-0.4, -0.2) is 22.9 Å². The van der Waals surface area contributed by atoms with Gasteiger partial charge in [0.2, 0.25) is 0 Å². The molecule has 4 rings (SSSR count). The predicted molar refractivity (Wildman–Crippen MR) is 119 cm³/mol.